The molecule has 1 saturated heterocycles. The van der Waals surface area contributed by atoms with E-state index in [2.05, 4.69) is 48.6 Å². The molecule has 1 atom stereocenters. The number of carbonyl (C=O) groups excluding carboxylic acids is 2. The number of hydrogen-bond donors (Lipinski definition) is 2. The molecule has 0 radical (unpaired) electrons. The minimum atomic E-state index is -0.954. The molecule has 31 heavy (non-hydrogen) atoms. The van der Waals surface area contributed by atoms with Gasteiger partial charge in [-0.15, -0.1) is 0 Å². The summed E-state index contributed by atoms with van der Waals surface area (Å²) in [6.07, 6.45) is 2.54. The van der Waals surface area contributed by atoms with E-state index >= 15 is 0 Å². The van der Waals surface area contributed by atoms with Gasteiger partial charge in [0.15, 0.2) is 6.35 Å². The quantitative estimate of drug-likeness (QED) is 0.682. The Kier molecular flexibility index (Phi) is 7.05. The molecule has 172 valence electrons. The van der Waals surface area contributed by atoms with Crippen LogP contribution in [0, 0.1) is 0 Å². The van der Waals surface area contributed by atoms with Gasteiger partial charge in [0.1, 0.15) is 0 Å². The van der Waals surface area contributed by atoms with E-state index in [-0.39, 0.29) is 36.0 Å². The van der Waals surface area contributed by atoms with Crippen LogP contribution < -0.4 is 5.32 Å². The van der Waals surface area contributed by atoms with Gasteiger partial charge in [0.25, 0.3) is 0 Å². The number of carbonyl (C=O) groups is 2. The molecule has 2 N–H and O–H groups in total. The Labute approximate surface area is 185 Å². The third-order valence-electron chi connectivity index (χ3n) is 7.32. The van der Waals surface area contributed by atoms with E-state index in [1.54, 1.807) is 30.9 Å². The smallest absolute Gasteiger partial charge is 0.236 e. The Morgan fingerprint density at radius 1 is 1.06 bits per heavy atom. The van der Waals surface area contributed by atoms with Crippen molar-refractivity contribution in [2.75, 3.05) is 54.9 Å². The second kappa shape index (κ2) is 9.24. The van der Waals surface area contributed by atoms with Gasteiger partial charge in [-0.1, -0.05) is 30.3 Å². The number of likely N-dealkylation sites (N-methyl/N-ethyl adjacent to an activating group) is 2. The van der Waals surface area contributed by atoms with Crippen LogP contribution >= 0.6 is 0 Å². The highest BCUT2D eigenvalue weighted by Crippen LogP contribution is 2.49. The van der Waals surface area contributed by atoms with Crippen molar-refractivity contribution in [2.45, 2.75) is 43.1 Å². The molecule has 2 aliphatic rings. The highest BCUT2D eigenvalue weighted by Gasteiger charge is 2.55. The van der Waals surface area contributed by atoms with Crippen LogP contribution in [0.2, 0.25) is 0 Å². The summed E-state index contributed by atoms with van der Waals surface area (Å²) in [6.45, 7) is 0.822. The van der Waals surface area contributed by atoms with Crippen molar-refractivity contribution in [3.63, 3.8) is 0 Å². The van der Waals surface area contributed by atoms with Gasteiger partial charge in [0.2, 0.25) is 11.8 Å². The molecule has 8 heteroatoms. The molecular formula is C23H37N5O3. The second-order valence-corrected chi connectivity index (χ2v) is 9.36. The molecule has 0 aromatic heterocycles. The van der Waals surface area contributed by atoms with E-state index in [4.69, 9.17) is 0 Å². The van der Waals surface area contributed by atoms with E-state index in [1.807, 2.05) is 11.0 Å². The molecule has 1 aromatic carbocycles. The van der Waals surface area contributed by atoms with Gasteiger partial charge in [-0.05, 0) is 45.3 Å². The minimum Gasteiger partial charge on any atom is -0.365 e. The first-order valence-electron chi connectivity index (χ1n) is 11.0. The minimum absolute atomic E-state index is 0.0484. The van der Waals surface area contributed by atoms with Crippen molar-refractivity contribution in [3.05, 3.63) is 35.9 Å². The number of hydrogen-bond acceptors (Lipinski definition) is 6. The standard InChI is InChI=1S/C23H37N5O3/c1-24-19(29)15-27-17-22(28(21(27)31)16-20(30)25(2)3)11-13-23(14-12-22,26(4)5)18-9-7-6-8-10-18/h6-10,21,31H,11-17H2,1-5H3,(H,24,29)/t21?,22-,23+. The average Bonchev–Trinajstić information content (AvgIpc) is 3.00. The lowest BCUT2D eigenvalue weighted by Crippen LogP contribution is -2.57. The number of nitrogens with zero attached hydrogens (tertiary/aromatic N) is 4. The summed E-state index contributed by atoms with van der Waals surface area (Å²) in [5.41, 5.74) is 0.877. The Balaban J connectivity index is 1.88. The zero-order valence-corrected chi connectivity index (χ0v) is 19.5. The third kappa shape index (κ3) is 4.48. The van der Waals surface area contributed by atoms with E-state index in [1.165, 1.54) is 5.56 Å². The van der Waals surface area contributed by atoms with Gasteiger partial charge in [0.05, 0.1) is 13.1 Å². The molecule has 1 aliphatic carbocycles. The maximum absolute atomic E-state index is 12.6. The lowest BCUT2D eigenvalue weighted by atomic mass is 9.68. The van der Waals surface area contributed by atoms with E-state index in [0.29, 0.717) is 6.54 Å². The van der Waals surface area contributed by atoms with Crippen molar-refractivity contribution < 1.29 is 14.7 Å². The van der Waals surface area contributed by atoms with Crippen LogP contribution in [0.5, 0.6) is 0 Å². The van der Waals surface area contributed by atoms with Crippen LogP contribution in [-0.4, -0.2) is 103 Å². The summed E-state index contributed by atoms with van der Waals surface area (Å²) in [5.74, 6) is -0.189. The predicted octanol–water partition coefficient (Wildman–Crippen LogP) is 0.484. The zero-order valence-electron chi connectivity index (χ0n) is 19.5. The fourth-order valence-electron chi connectivity index (χ4n) is 5.25. The largest absolute Gasteiger partial charge is 0.365 e. The van der Waals surface area contributed by atoms with Gasteiger partial charge in [-0.3, -0.25) is 19.4 Å². The highest BCUT2D eigenvalue weighted by molar-refractivity contribution is 5.78. The maximum atomic E-state index is 12.6. The summed E-state index contributed by atoms with van der Waals surface area (Å²) in [6, 6.07) is 10.6. The van der Waals surface area contributed by atoms with Crippen LogP contribution in [-0.2, 0) is 15.1 Å². The van der Waals surface area contributed by atoms with Crippen molar-refractivity contribution in [1.29, 1.82) is 0 Å². The van der Waals surface area contributed by atoms with Crippen molar-refractivity contribution in [3.8, 4) is 0 Å². The van der Waals surface area contributed by atoms with Gasteiger partial charge in [-0.25, -0.2) is 4.90 Å². The summed E-state index contributed by atoms with van der Waals surface area (Å²) in [5, 5.41) is 13.7. The molecule has 8 nitrogen and oxygen atoms in total. The first kappa shape index (κ1) is 23.7. The Bertz CT molecular complexity index is 775. The summed E-state index contributed by atoms with van der Waals surface area (Å²) in [4.78, 5) is 32.2. The van der Waals surface area contributed by atoms with Crippen LogP contribution in [0.15, 0.2) is 30.3 Å². The first-order chi connectivity index (χ1) is 14.6. The third-order valence-corrected chi connectivity index (χ3v) is 7.32. The molecule has 3 rings (SSSR count). The maximum Gasteiger partial charge on any atom is 0.236 e. The Hall–Kier alpha value is -2.00. The molecule has 2 fully saturated rings. The molecule has 2 amide bonds. The predicted molar refractivity (Wildman–Crippen MR) is 120 cm³/mol. The number of aliphatic hydroxyl groups is 1. The molecular weight excluding hydrogens is 394 g/mol. The van der Waals surface area contributed by atoms with Crippen molar-refractivity contribution >= 4 is 11.8 Å². The first-order valence-corrected chi connectivity index (χ1v) is 11.0. The number of benzene rings is 1. The topological polar surface area (TPSA) is 79.4 Å². The highest BCUT2D eigenvalue weighted by atomic mass is 16.3. The average molecular weight is 432 g/mol. The number of amides is 2. The van der Waals surface area contributed by atoms with Crippen LogP contribution in [0.1, 0.15) is 31.2 Å². The van der Waals surface area contributed by atoms with Crippen molar-refractivity contribution in [1.82, 2.24) is 24.9 Å². The molecule has 1 aromatic rings. The van der Waals surface area contributed by atoms with E-state index in [9.17, 15) is 14.7 Å². The zero-order chi connectivity index (χ0) is 22.8. The molecule has 1 heterocycles. The fourth-order valence-corrected chi connectivity index (χ4v) is 5.25. The van der Waals surface area contributed by atoms with Crippen molar-refractivity contribution in [2.24, 2.45) is 0 Å². The number of rotatable bonds is 6. The van der Waals surface area contributed by atoms with E-state index in [0.717, 1.165) is 25.7 Å². The molecule has 1 aliphatic heterocycles. The Morgan fingerprint density at radius 3 is 2.19 bits per heavy atom. The van der Waals surface area contributed by atoms with E-state index < -0.39 is 6.35 Å². The van der Waals surface area contributed by atoms with Crippen LogP contribution in [0.4, 0.5) is 0 Å². The monoisotopic (exact) mass is 431 g/mol. The molecule has 0 bridgehead atoms. The van der Waals surface area contributed by atoms with Gasteiger partial charge < -0.3 is 15.3 Å². The lowest BCUT2D eigenvalue weighted by molar-refractivity contribution is -0.142. The summed E-state index contributed by atoms with van der Waals surface area (Å²) >= 11 is 0. The van der Waals surface area contributed by atoms with Gasteiger partial charge >= 0.3 is 0 Å². The summed E-state index contributed by atoms with van der Waals surface area (Å²) in [7, 11) is 9.30. The number of nitrogens with one attached hydrogen (secondary N) is 1. The SMILES string of the molecule is CNC(=O)CN1C[C@]2(CC[C@](c3ccccc3)(N(C)C)CC2)N(CC(=O)N(C)C)C1O. The van der Waals surface area contributed by atoms with Crippen LogP contribution in [0.3, 0.4) is 0 Å². The normalized spacial score (nSPS) is 29.5. The lowest BCUT2D eigenvalue weighted by Gasteiger charge is -2.51. The van der Waals surface area contributed by atoms with Gasteiger partial charge in [-0.2, -0.15) is 0 Å². The molecule has 1 unspecified atom stereocenters. The Morgan fingerprint density at radius 2 is 1.68 bits per heavy atom. The number of aliphatic hydroxyl groups excluding tert-OH is 1. The van der Waals surface area contributed by atoms with Gasteiger partial charge in [0, 0.05) is 38.8 Å². The second-order valence-electron chi connectivity index (χ2n) is 9.36. The molecule has 1 saturated carbocycles. The molecule has 1 spiro atoms. The van der Waals surface area contributed by atoms with Crippen LogP contribution in [0.25, 0.3) is 0 Å². The fraction of sp³-hybridized carbons (Fsp3) is 0.652. The summed E-state index contributed by atoms with van der Waals surface area (Å²) < 4.78 is 0.